The van der Waals surface area contributed by atoms with Crippen LogP contribution in [0.1, 0.15) is 12.8 Å². The van der Waals surface area contributed by atoms with E-state index in [4.69, 9.17) is 33.9 Å². The number of rotatable bonds is 4. The van der Waals surface area contributed by atoms with E-state index < -0.39 is 5.41 Å². The lowest BCUT2D eigenvalue weighted by molar-refractivity contribution is -0.115. The van der Waals surface area contributed by atoms with Crippen molar-refractivity contribution in [1.29, 1.82) is 0 Å². The molecule has 154 valence electrons. The van der Waals surface area contributed by atoms with E-state index in [1.54, 1.807) is 24.2 Å². The molecule has 1 atom stereocenters. The number of nitrogens with two attached hydrogens (primary N) is 1. The Morgan fingerprint density at radius 1 is 1.13 bits per heavy atom. The number of para-hydroxylation sites is 1. The zero-order valence-electron chi connectivity index (χ0n) is 16.2. The van der Waals surface area contributed by atoms with Gasteiger partial charge in [-0.3, -0.25) is 0 Å². The number of aliphatic imine (C=N–C) groups is 1. The second-order valence-corrected chi connectivity index (χ2v) is 9.41. The zero-order valence-corrected chi connectivity index (χ0v) is 18.6. The summed E-state index contributed by atoms with van der Waals surface area (Å²) in [6, 6.07) is 15.4. The summed E-state index contributed by atoms with van der Waals surface area (Å²) in [5.41, 5.74) is 9.05. The minimum Gasteiger partial charge on any atom is -0.404 e. The molecule has 30 heavy (non-hydrogen) atoms. The molecule has 4 rings (SSSR count). The van der Waals surface area contributed by atoms with Gasteiger partial charge in [-0.05, 0) is 73.0 Å². The van der Waals surface area contributed by atoms with Crippen LogP contribution in [0.25, 0.3) is 0 Å². The third kappa shape index (κ3) is 4.35. The van der Waals surface area contributed by atoms with Crippen molar-refractivity contribution in [1.82, 2.24) is 4.31 Å². The van der Waals surface area contributed by atoms with Gasteiger partial charge in [-0.2, -0.15) is 0 Å². The number of fused-ring (bicyclic) bond motifs is 1. The van der Waals surface area contributed by atoms with Gasteiger partial charge >= 0.3 is 0 Å². The van der Waals surface area contributed by atoms with Crippen molar-refractivity contribution in [2.45, 2.75) is 17.7 Å². The third-order valence-electron chi connectivity index (χ3n) is 5.43. The summed E-state index contributed by atoms with van der Waals surface area (Å²) in [6.07, 6.45) is 6.03. The van der Waals surface area contributed by atoms with Crippen molar-refractivity contribution in [3.63, 3.8) is 0 Å². The molecule has 2 aromatic carbocycles. The van der Waals surface area contributed by atoms with Crippen molar-refractivity contribution in [2.75, 3.05) is 13.1 Å². The van der Waals surface area contributed by atoms with Gasteiger partial charge in [0.05, 0.1) is 26.9 Å². The lowest BCUT2D eigenvalue weighted by Gasteiger charge is -2.43. The number of carbonyl (C=O) groups is 1. The summed E-state index contributed by atoms with van der Waals surface area (Å²) >= 11 is 13.8. The molecule has 0 radical (unpaired) electrons. The largest absolute Gasteiger partial charge is 0.404 e. The molecule has 0 bridgehead atoms. The predicted molar refractivity (Wildman–Crippen MR) is 126 cm³/mol. The van der Waals surface area contributed by atoms with Gasteiger partial charge in [0.15, 0.2) is 0 Å². The number of aldehydes is 1. The van der Waals surface area contributed by atoms with Crippen molar-refractivity contribution < 1.29 is 4.79 Å². The maximum absolute atomic E-state index is 12.3. The van der Waals surface area contributed by atoms with Gasteiger partial charge in [0.1, 0.15) is 6.29 Å². The minimum atomic E-state index is -0.595. The van der Waals surface area contributed by atoms with E-state index in [-0.39, 0.29) is 0 Å². The summed E-state index contributed by atoms with van der Waals surface area (Å²) in [5.74, 6) is 0. The number of hydrogen-bond acceptors (Lipinski definition) is 5. The number of carbonyl (C=O) groups excluding carboxylic acids is 1. The summed E-state index contributed by atoms with van der Waals surface area (Å²) in [6.45, 7) is 1.43. The summed E-state index contributed by atoms with van der Waals surface area (Å²) < 4.78 is 2.21. The van der Waals surface area contributed by atoms with E-state index >= 15 is 0 Å². The van der Waals surface area contributed by atoms with Crippen LogP contribution in [0.4, 0.5) is 5.69 Å². The van der Waals surface area contributed by atoms with Crippen LogP contribution in [-0.4, -0.2) is 29.4 Å². The molecule has 1 unspecified atom stereocenters. The van der Waals surface area contributed by atoms with Gasteiger partial charge in [-0.15, -0.1) is 0 Å². The lowest BCUT2D eigenvalue weighted by Crippen LogP contribution is -2.45. The summed E-state index contributed by atoms with van der Waals surface area (Å²) in [4.78, 5) is 18.1. The topological polar surface area (TPSA) is 58.7 Å². The molecule has 0 spiro atoms. The van der Waals surface area contributed by atoms with Gasteiger partial charge in [0, 0.05) is 18.0 Å². The molecule has 0 saturated carbocycles. The van der Waals surface area contributed by atoms with Crippen LogP contribution in [-0.2, 0) is 4.79 Å². The molecule has 1 aliphatic heterocycles. The number of nitrogens with zero attached hydrogens (tertiary/aromatic N) is 2. The standard InChI is InChI=1S/C23H21Cl2N3OS/c24-20-7-6-19(11-21(20)25)30-28-9-8-17-10-22(27-18-4-2-1-3-5-18)16(13-26)12-23(17,14-28)15-29/h1-7,10-11,13,15H,8-9,12,14,26H2. The smallest absolute Gasteiger partial charge is 0.131 e. The molecule has 7 heteroatoms. The maximum Gasteiger partial charge on any atom is 0.131 e. The molecule has 2 aromatic rings. The van der Waals surface area contributed by atoms with Gasteiger partial charge in [0.2, 0.25) is 0 Å². The van der Waals surface area contributed by atoms with E-state index in [0.29, 0.717) is 23.0 Å². The zero-order chi connectivity index (χ0) is 21.1. The Kier molecular flexibility index (Phi) is 6.34. The fraction of sp³-hybridized carbons (Fsp3) is 0.217. The second kappa shape index (κ2) is 8.98. The van der Waals surface area contributed by atoms with E-state index in [1.807, 2.05) is 48.5 Å². The fourth-order valence-corrected chi connectivity index (χ4v) is 5.31. The van der Waals surface area contributed by atoms with Crippen molar-refractivity contribution in [2.24, 2.45) is 16.1 Å². The molecule has 2 aliphatic rings. The van der Waals surface area contributed by atoms with Crippen molar-refractivity contribution in [3.8, 4) is 0 Å². The first kappa shape index (κ1) is 21.2. The maximum atomic E-state index is 12.3. The minimum absolute atomic E-state index is 0.525. The Bertz CT molecular complexity index is 1050. The Hall–Kier alpha value is -2.05. The molecule has 1 aliphatic carbocycles. The fourth-order valence-electron chi connectivity index (χ4n) is 3.87. The van der Waals surface area contributed by atoms with E-state index in [2.05, 4.69) is 4.31 Å². The number of halogens is 2. The highest BCUT2D eigenvalue weighted by molar-refractivity contribution is 7.97. The lowest BCUT2D eigenvalue weighted by atomic mass is 9.68. The molecule has 2 N–H and O–H groups in total. The average molecular weight is 458 g/mol. The molecule has 0 aromatic heterocycles. The van der Waals surface area contributed by atoms with Gasteiger partial charge < -0.3 is 10.5 Å². The molecule has 1 heterocycles. The van der Waals surface area contributed by atoms with Gasteiger partial charge in [-0.25, -0.2) is 9.30 Å². The first-order chi connectivity index (χ1) is 14.5. The van der Waals surface area contributed by atoms with Gasteiger partial charge in [0.25, 0.3) is 0 Å². The van der Waals surface area contributed by atoms with Crippen molar-refractivity contribution >= 4 is 52.8 Å². The first-order valence-corrected chi connectivity index (χ1v) is 11.2. The highest BCUT2D eigenvalue weighted by atomic mass is 35.5. The Balaban J connectivity index is 1.61. The monoisotopic (exact) mass is 457 g/mol. The third-order valence-corrected chi connectivity index (χ3v) is 7.21. The molecule has 1 fully saturated rings. The van der Waals surface area contributed by atoms with Crippen LogP contribution >= 0.6 is 35.1 Å². The Morgan fingerprint density at radius 2 is 1.93 bits per heavy atom. The highest BCUT2D eigenvalue weighted by Gasteiger charge is 2.43. The summed E-state index contributed by atoms with van der Waals surface area (Å²) in [7, 11) is 0. The van der Waals surface area contributed by atoms with Crippen LogP contribution in [0.2, 0.25) is 10.0 Å². The van der Waals surface area contributed by atoms with Crippen molar-refractivity contribution in [3.05, 3.63) is 82.0 Å². The van der Waals surface area contributed by atoms with E-state index in [9.17, 15) is 4.79 Å². The van der Waals surface area contributed by atoms with Crippen LogP contribution in [0.5, 0.6) is 0 Å². The van der Waals surface area contributed by atoms with E-state index in [1.165, 1.54) is 0 Å². The molecule has 1 saturated heterocycles. The SMILES string of the molecule is NC=C1CC2(C=O)CN(Sc3ccc(Cl)c(Cl)c3)CCC2=CC1=Nc1ccccc1. The molecule has 4 nitrogen and oxygen atoms in total. The number of hydrogen-bond donors (Lipinski definition) is 1. The Morgan fingerprint density at radius 3 is 2.63 bits per heavy atom. The van der Waals surface area contributed by atoms with Crippen LogP contribution in [0.15, 0.2) is 81.8 Å². The molecule has 0 amide bonds. The number of allylic oxidation sites excluding steroid dienone is 2. The van der Waals surface area contributed by atoms with Crippen LogP contribution < -0.4 is 5.73 Å². The molecular formula is C23H21Cl2N3OS. The average Bonchev–Trinajstić information content (AvgIpc) is 2.76. The highest BCUT2D eigenvalue weighted by Crippen LogP contribution is 2.45. The van der Waals surface area contributed by atoms with Crippen LogP contribution in [0, 0.1) is 5.41 Å². The van der Waals surface area contributed by atoms with Crippen LogP contribution in [0.3, 0.4) is 0 Å². The number of piperidine rings is 1. The summed E-state index contributed by atoms with van der Waals surface area (Å²) in [5, 5.41) is 1.06. The quantitative estimate of drug-likeness (QED) is 0.462. The first-order valence-electron chi connectivity index (χ1n) is 9.63. The number of benzene rings is 2. The Labute approximate surface area is 190 Å². The normalized spacial score (nSPS) is 24.5. The second-order valence-electron chi connectivity index (χ2n) is 7.43. The predicted octanol–water partition coefficient (Wildman–Crippen LogP) is 5.84. The molecular weight excluding hydrogens is 437 g/mol. The van der Waals surface area contributed by atoms with Gasteiger partial charge in [-0.1, -0.05) is 47.0 Å². The van der Waals surface area contributed by atoms with E-state index in [0.717, 1.165) is 46.7 Å².